The van der Waals surface area contributed by atoms with Crippen LogP contribution in [0.3, 0.4) is 0 Å². The summed E-state index contributed by atoms with van der Waals surface area (Å²) in [4.78, 5) is 7.89. The first-order chi connectivity index (χ1) is 5.61. The molecule has 0 aliphatic heterocycles. The zero-order valence-corrected chi connectivity index (χ0v) is 7.50. The summed E-state index contributed by atoms with van der Waals surface area (Å²) in [5.41, 5.74) is 9.47. The molecule has 1 aromatic rings. The van der Waals surface area contributed by atoms with Crippen LogP contribution in [0.15, 0.2) is 6.33 Å². The minimum Gasteiger partial charge on any atom is -0.383 e. The number of nitrogen functional groups attached to an aromatic ring is 1. The lowest BCUT2D eigenvalue weighted by Gasteiger charge is -2.14. The Balaban J connectivity index is 2.92. The third kappa shape index (κ3) is 1.82. The zero-order valence-electron chi connectivity index (χ0n) is 7.50. The first-order valence-corrected chi connectivity index (χ1v) is 3.62. The number of hydrogen-bond acceptors (Lipinski definition) is 5. The molecule has 0 aliphatic carbocycles. The van der Waals surface area contributed by atoms with Crippen LogP contribution in [0.4, 0.5) is 11.6 Å². The topological polar surface area (TPSA) is 67.1 Å². The van der Waals surface area contributed by atoms with E-state index in [0.717, 1.165) is 11.4 Å². The van der Waals surface area contributed by atoms with Crippen molar-refractivity contribution in [3.8, 4) is 0 Å². The highest BCUT2D eigenvalue weighted by Crippen LogP contribution is 2.14. The Morgan fingerprint density at radius 1 is 1.42 bits per heavy atom. The average molecular weight is 167 g/mol. The van der Waals surface area contributed by atoms with Gasteiger partial charge in [0.1, 0.15) is 18.0 Å². The fourth-order valence-corrected chi connectivity index (χ4v) is 0.788. The van der Waals surface area contributed by atoms with Crippen LogP contribution in [0.2, 0.25) is 0 Å². The molecule has 5 heteroatoms. The molecule has 1 rings (SSSR count). The summed E-state index contributed by atoms with van der Waals surface area (Å²) in [5, 5.41) is 1.80. The lowest BCUT2D eigenvalue weighted by molar-refractivity contribution is 0.491. The summed E-state index contributed by atoms with van der Waals surface area (Å²) in [6.45, 7) is 1.88. The number of aromatic nitrogens is 2. The maximum absolute atomic E-state index is 5.59. The van der Waals surface area contributed by atoms with Crippen molar-refractivity contribution in [2.75, 3.05) is 25.3 Å². The zero-order chi connectivity index (χ0) is 9.14. The van der Waals surface area contributed by atoms with Crippen LogP contribution in [-0.2, 0) is 0 Å². The van der Waals surface area contributed by atoms with Gasteiger partial charge in [0.05, 0.1) is 0 Å². The normalized spacial score (nSPS) is 10.3. The smallest absolute Gasteiger partial charge is 0.148 e. The highest BCUT2D eigenvalue weighted by Gasteiger charge is 2.02. The van der Waals surface area contributed by atoms with Gasteiger partial charge in [-0.05, 0) is 6.92 Å². The van der Waals surface area contributed by atoms with E-state index in [-0.39, 0.29) is 0 Å². The summed E-state index contributed by atoms with van der Waals surface area (Å²) in [5.74, 6) is 1.25. The van der Waals surface area contributed by atoms with Crippen LogP contribution in [0.5, 0.6) is 0 Å². The molecule has 0 saturated carbocycles. The molecule has 0 aliphatic rings. The van der Waals surface area contributed by atoms with Crippen molar-refractivity contribution in [1.29, 1.82) is 0 Å². The second kappa shape index (κ2) is 3.36. The highest BCUT2D eigenvalue weighted by atomic mass is 15.5. The summed E-state index contributed by atoms with van der Waals surface area (Å²) in [7, 11) is 3.77. The van der Waals surface area contributed by atoms with Crippen molar-refractivity contribution in [1.82, 2.24) is 15.0 Å². The van der Waals surface area contributed by atoms with Crippen LogP contribution in [0, 0.1) is 6.92 Å². The van der Waals surface area contributed by atoms with Crippen molar-refractivity contribution < 1.29 is 0 Å². The SMILES string of the molecule is Cc1c(N)ncnc1NN(C)C. The molecule has 0 unspecified atom stereocenters. The van der Waals surface area contributed by atoms with Gasteiger partial charge in [-0.25, -0.2) is 15.0 Å². The molecular weight excluding hydrogens is 154 g/mol. The molecule has 1 heterocycles. The maximum Gasteiger partial charge on any atom is 0.148 e. The summed E-state index contributed by atoms with van der Waals surface area (Å²) in [6.07, 6.45) is 1.44. The van der Waals surface area contributed by atoms with Gasteiger partial charge < -0.3 is 11.2 Å². The van der Waals surface area contributed by atoms with E-state index in [9.17, 15) is 0 Å². The van der Waals surface area contributed by atoms with Crippen LogP contribution < -0.4 is 11.2 Å². The highest BCUT2D eigenvalue weighted by molar-refractivity contribution is 5.53. The molecule has 66 valence electrons. The average Bonchev–Trinajstić information content (AvgIpc) is 1.98. The summed E-state index contributed by atoms with van der Waals surface area (Å²) >= 11 is 0. The van der Waals surface area contributed by atoms with Crippen LogP contribution >= 0.6 is 0 Å². The van der Waals surface area contributed by atoms with E-state index in [0.29, 0.717) is 5.82 Å². The Morgan fingerprint density at radius 2 is 2.08 bits per heavy atom. The summed E-state index contributed by atoms with van der Waals surface area (Å²) < 4.78 is 0. The van der Waals surface area contributed by atoms with E-state index in [4.69, 9.17) is 5.73 Å². The van der Waals surface area contributed by atoms with Gasteiger partial charge >= 0.3 is 0 Å². The molecule has 0 fully saturated rings. The molecular formula is C7H13N5. The third-order valence-electron chi connectivity index (χ3n) is 1.45. The maximum atomic E-state index is 5.59. The molecule has 0 saturated heterocycles. The second-order valence-electron chi connectivity index (χ2n) is 2.74. The monoisotopic (exact) mass is 167 g/mol. The predicted molar refractivity (Wildman–Crippen MR) is 48.5 cm³/mol. The van der Waals surface area contributed by atoms with E-state index in [1.54, 1.807) is 5.01 Å². The van der Waals surface area contributed by atoms with Gasteiger partial charge in [-0.2, -0.15) is 0 Å². The standard InChI is InChI=1S/C7H13N5/c1-5-6(8)9-4-10-7(5)11-12(2)3/h4H,1-3H3,(H3,8,9,10,11). The molecule has 12 heavy (non-hydrogen) atoms. The second-order valence-corrected chi connectivity index (χ2v) is 2.74. The third-order valence-corrected chi connectivity index (χ3v) is 1.45. The number of anilines is 2. The first-order valence-electron chi connectivity index (χ1n) is 3.62. The van der Waals surface area contributed by atoms with E-state index in [2.05, 4.69) is 15.4 Å². The van der Waals surface area contributed by atoms with Crippen molar-refractivity contribution in [2.24, 2.45) is 0 Å². The van der Waals surface area contributed by atoms with Gasteiger partial charge in [-0.1, -0.05) is 0 Å². The van der Waals surface area contributed by atoms with Gasteiger partial charge in [0, 0.05) is 19.7 Å². The van der Waals surface area contributed by atoms with Gasteiger partial charge in [-0.15, -0.1) is 0 Å². The fraction of sp³-hybridized carbons (Fsp3) is 0.429. The first kappa shape index (κ1) is 8.73. The Bertz CT molecular complexity index is 270. The van der Waals surface area contributed by atoms with Crippen LogP contribution in [0.25, 0.3) is 0 Å². The van der Waals surface area contributed by atoms with Crippen molar-refractivity contribution >= 4 is 11.6 Å². The molecule has 3 N–H and O–H groups in total. The number of hydrogen-bond donors (Lipinski definition) is 2. The predicted octanol–water partition coefficient (Wildman–Crippen LogP) is 0.256. The Morgan fingerprint density at radius 3 is 2.67 bits per heavy atom. The number of rotatable bonds is 2. The van der Waals surface area contributed by atoms with Gasteiger partial charge in [0.25, 0.3) is 0 Å². The molecule has 5 nitrogen and oxygen atoms in total. The minimum atomic E-state index is 0.509. The van der Waals surface area contributed by atoms with E-state index >= 15 is 0 Å². The minimum absolute atomic E-state index is 0.509. The van der Waals surface area contributed by atoms with E-state index in [1.165, 1.54) is 6.33 Å². The molecule has 1 aromatic heterocycles. The molecule has 0 radical (unpaired) electrons. The Hall–Kier alpha value is -1.36. The van der Waals surface area contributed by atoms with Gasteiger partial charge in [0.2, 0.25) is 0 Å². The van der Waals surface area contributed by atoms with Crippen molar-refractivity contribution in [3.05, 3.63) is 11.9 Å². The van der Waals surface area contributed by atoms with Gasteiger partial charge in [0.15, 0.2) is 0 Å². The Labute approximate surface area is 71.6 Å². The number of nitrogens with one attached hydrogen (secondary N) is 1. The number of nitrogens with zero attached hydrogens (tertiary/aromatic N) is 3. The quantitative estimate of drug-likeness (QED) is 0.618. The molecule has 0 amide bonds. The summed E-state index contributed by atoms with van der Waals surface area (Å²) in [6, 6.07) is 0. The largest absolute Gasteiger partial charge is 0.383 e. The van der Waals surface area contributed by atoms with E-state index in [1.807, 2.05) is 21.0 Å². The van der Waals surface area contributed by atoms with Crippen LogP contribution in [-0.4, -0.2) is 29.1 Å². The van der Waals surface area contributed by atoms with Crippen molar-refractivity contribution in [2.45, 2.75) is 6.92 Å². The molecule has 0 spiro atoms. The number of nitrogens with two attached hydrogens (primary N) is 1. The van der Waals surface area contributed by atoms with Gasteiger partial charge in [-0.3, -0.25) is 0 Å². The van der Waals surface area contributed by atoms with Crippen LogP contribution in [0.1, 0.15) is 5.56 Å². The lowest BCUT2D eigenvalue weighted by atomic mass is 10.3. The molecule has 0 bridgehead atoms. The molecule has 0 atom stereocenters. The molecule has 0 aromatic carbocycles. The Kier molecular flexibility index (Phi) is 2.44. The lowest BCUT2D eigenvalue weighted by Crippen LogP contribution is -2.21. The fourth-order valence-electron chi connectivity index (χ4n) is 0.788. The van der Waals surface area contributed by atoms with E-state index < -0.39 is 0 Å². The van der Waals surface area contributed by atoms with Crippen molar-refractivity contribution in [3.63, 3.8) is 0 Å². The number of hydrazine groups is 1.